The Morgan fingerprint density at radius 2 is 1.84 bits per heavy atom. The van der Waals surface area contributed by atoms with Crippen molar-refractivity contribution in [2.75, 3.05) is 37.6 Å². The average Bonchev–Trinajstić information content (AvgIpc) is 3.33. The second-order valence-electron chi connectivity index (χ2n) is 7.94. The Labute approximate surface area is 186 Å². The largest absolute Gasteiger partial charge is 0.372 e. The van der Waals surface area contributed by atoms with E-state index >= 15 is 0 Å². The van der Waals surface area contributed by atoms with Gasteiger partial charge < -0.3 is 20.9 Å². The molecule has 2 aromatic rings. The Morgan fingerprint density at radius 1 is 1.06 bits per heavy atom. The Bertz CT molecular complexity index is 846. The third-order valence-electron chi connectivity index (χ3n) is 5.50. The van der Waals surface area contributed by atoms with Crippen LogP contribution < -0.4 is 20.9 Å². The van der Waals surface area contributed by atoms with Crippen molar-refractivity contribution in [3.63, 3.8) is 0 Å². The van der Waals surface area contributed by atoms with Gasteiger partial charge in [-0.1, -0.05) is 42.5 Å². The Kier molecular flexibility index (Phi) is 8.76. The number of carbonyl (C=O) groups is 1. The molecule has 0 spiro atoms. The second kappa shape index (κ2) is 12.0. The van der Waals surface area contributed by atoms with Gasteiger partial charge in [0.15, 0.2) is 5.96 Å². The standard InChI is InChI=1S/C25H35N5O/c1-3-26-25(28-19-24(31)27-15-14-21-10-5-4-6-11-21)29-20(2)22-12-9-13-23(18-22)30-16-7-8-17-30/h4-6,9-13,18,20H,3,7-8,14-17,19H2,1-2H3,(H,27,31)(H2,26,28,29). The van der Waals surface area contributed by atoms with Gasteiger partial charge in [-0.3, -0.25) is 4.79 Å². The molecule has 0 saturated carbocycles. The van der Waals surface area contributed by atoms with Crippen molar-refractivity contribution in [2.24, 2.45) is 4.99 Å². The number of guanidine groups is 1. The maximum Gasteiger partial charge on any atom is 0.241 e. The maximum atomic E-state index is 12.2. The van der Waals surface area contributed by atoms with Gasteiger partial charge >= 0.3 is 0 Å². The molecule has 166 valence electrons. The molecule has 0 aliphatic carbocycles. The molecule has 0 bridgehead atoms. The first-order valence-corrected chi connectivity index (χ1v) is 11.4. The highest BCUT2D eigenvalue weighted by molar-refractivity contribution is 5.85. The van der Waals surface area contributed by atoms with Crippen molar-refractivity contribution < 1.29 is 4.79 Å². The minimum absolute atomic E-state index is 0.0724. The summed E-state index contributed by atoms with van der Waals surface area (Å²) in [5.74, 6) is 0.580. The minimum Gasteiger partial charge on any atom is -0.372 e. The fourth-order valence-corrected chi connectivity index (χ4v) is 3.77. The minimum atomic E-state index is -0.0724. The van der Waals surface area contributed by atoms with Gasteiger partial charge in [-0.15, -0.1) is 0 Å². The van der Waals surface area contributed by atoms with Crippen LogP contribution in [0.2, 0.25) is 0 Å². The van der Waals surface area contributed by atoms with Gasteiger partial charge in [-0.2, -0.15) is 0 Å². The van der Waals surface area contributed by atoms with Crippen molar-refractivity contribution in [1.29, 1.82) is 0 Å². The van der Waals surface area contributed by atoms with Crippen molar-refractivity contribution in [2.45, 2.75) is 39.2 Å². The van der Waals surface area contributed by atoms with Crippen molar-refractivity contribution in [3.8, 4) is 0 Å². The van der Waals surface area contributed by atoms with Gasteiger partial charge in [0.1, 0.15) is 6.54 Å². The highest BCUT2D eigenvalue weighted by Crippen LogP contribution is 2.23. The van der Waals surface area contributed by atoms with E-state index in [-0.39, 0.29) is 18.5 Å². The molecule has 3 rings (SSSR count). The number of rotatable bonds is 9. The molecule has 0 aromatic heterocycles. The third-order valence-corrected chi connectivity index (χ3v) is 5.50. The highest BCUT2D eigenvalue weighted by Gasteiger charge is 2.14. The summed E-state index contributed by atoms with van der Waals surface area (Å²) >= 11 is 0. The van der Waals surface area contributed by atoms with Crippen LogP contribution in [0.4, 0.5) is 5.69 Å². The van der Waals surface area contributed by atoms with E-state index in [1.54, 1.807) is 0 Å². The number of nitrogens with zero attached hydrogens (tertiary/aromatic N) is 2. The normalized spacial score (nSPS) is 14.9. The number of aliphatic imine (C=N–C) groups is 1. The summed E-state index contributed by atoms with van der Waals surface area (Å²) in [5.41, 5.74) is 3.71. The molecular formula is C25H35N5O. The van der Waals surface area contributed by atoms with E-state index in [4.69, 9.17) is 0 Å². The van der Waals surface area contributed by atoms with Gasteiger partial charge in [0, 0.05) is 31.9 Å². The van der Waals surface area contributed by atoms with Crippen LogP contribution in [-0.4, -0.2) is 44.6 Å². The molecule has 3 N–H and O–H groups in total. The van der Waals surface area contributed by atoms with Crippen molar-refractivity contribution in [1.82, 2.24) is 16.0 Å². The first-order valence-electron chi connectivity index (χ1n) is 11.4. The molecule has 31 heavy (non-hydrogen) atoms. The summed E-state index contributed by atoms with van der Waals surface area (Å²) in [6, 6.07) is 18.9. The average molecular weight is 422 g/mol. The van der Waals surface area contributed by atoms with Crippen LogP contribution >= 0.6 is 0 Å². The second-order valence-corrected chi connectivity index (χ2v) is 7.94. The first-order chi connectivity index (χ1) is 15.2. The number of carbonyl (C=O) groups excluding carboxylic acids is 1. The zero-order chi connectivity index (χ0) is 21.9. The van der Waals surface area contributed by atoms with E-state index in [2.05, 4.69) is 69.2 Å². The van der Waals surface area contributed by atoms with E-state index in [9.17, 15) is 4.79 Å². The van der Waals surface area contributed by atoms with Crippen molar-refractivity contribution in [3.05, 3.63) is 65.7 Å². The van der Waals surface area contributed by atoms with Crippen LogP contribution in [0.1, 0.15) is 43.9 Å². The number of hydrogen-bond acceptors (Lipinski definition) is 3. The summed E-state index contributed by atoms with van der Waals surface area (Å²) < 4.78 is 0. The van der Waals surface area contributed by atoms with E-state index in [0.717, 1.165) is 26.1 Å². The summed E-state index contributed by atoms with van der Waals surface area (Å²) in [4.78, 5) is 19.1. The van der Waals surface area contributed by atoms with Crippen molar-refractivity contribution >= 4 is 17.6 Å². The first kappa shape index (κ1) is 22.7. The fourth-order valence-electron chi connectivity index (χ4n) is 3.77. The molecule has 2 aromatic carbocycles. The molecular weight excluding hydrogens is 386 g/mol. The van der Waals surface area contributed by atoms with Crippen LogP contribution in [-0.2, 0) is 11.2 Å². The monoisotopic (exact) mass is 421 g/mol. The third kappa shape index (κ3) is 7.31. The van der Waals surface area contributed by atoms with Gasteiger partial charge in [-0.25, -0.2) is 4.99 Å². The topological polar surface area (TPSA) is 68.8 Å². The zero-order valence-electron chi connectivity index (χ0n) is 18.7. The summed E-state index contributed by atoms with van der Waals surface area (Å²) in [6.45, 7) is 7.86. The molecule has 6 heteroatoms. The number of anilines is 1. The molecule has 1 unspecified atom stereocenters. The highest BCUT2D eigenvalue weighted by atomic mass is 16.1. The van der Waals surface area contributed by atoms with Gasteiger partial charge in [0.25, 0.3) is 0 Å². The van der Waals surface area contributed by atoms with Gasteiger partial charge in [0.2, 0.25) is 5.91 Å². The lowest BCUT2D eigenvalue weighted by atomic mass is 10.1. The molecule has 0 radical (unpaired) electrons. The van der Waals surface area contributed by atoms with Gasteiger partial charge in [0.05, 0.1) is 6.04 Å². The lowest BCUT2D eigenvalue weighted by molar-refractivity contribution is -0.119. The van der Waals surface area contributed by atoms with Crippen LogP contribution in [0.25, 0.3) is 0 Å². The molecule has 6 nitrogen and oxygen atoms in total. The van der Waals surface area contributed by atoms with Crippen LogP contribution in [0.15, 0.2) is 59.6 Å². The molecule has 1 saturated heterocycles. The van der Waals surface area contributed by atoms with E-state index in [1.165, 1.54) is 29.7 Å². The lowest BCUT2D eigenvalue weighted by Gasteiger charge is -2.22. The smallest absolute Gasteiger partial charge is 0.241 e. The number of benzene rings is 2. The van der Waals surface area contributed by atoms with Gasteiger partial charge in [-0.05, 0) is 56.4 Å². The van der Waals surface area contributed by atoms with Crippen LogP contribution in [0, 0.1) is 0 Å². The molecule has 1 aliphatic rings. The quantitative estimate of drug-likeness (QED) is 0.429. The number of nitrogens with one attached hydrogen (secondary N) is 3. The van der Waals surface area contributed by atoms with Crippen LogP contribution in [0.5, 0.6) is 0 Å². The number of amides is 1. The predicted molar refractivity (Wildman–Crippen MR) is 129 cm³/mol. The lowest BCUT2D eigenvalue weighted by Crippen LogP contribution is -2.40. The zero-order valence-corrected chi connectivity index (χ0v) is 18.7. The molecule has 1 amide bonds. The molecule has 1 fully saturated rings. The molecule has 1 atom stereocenters. The van der Waals surface area contributed by atoms with E-state index in [0.29, 0.717) is 12.5 Å². The maximum absolute atomic E-state index is 12.2. The Balaban J connectivity index is 1.51. The summed E-state index contributed by atoms with van der Waals surface area (Å²) in [6.07, 6.45) is 3.35. The number of hydrogen-bond donors (Lipinski definition) is 3. The molecule has 1 aliphatic heterocycles. The fraction of sp³-hybridized carbons (Fsp3) is 0.440. The van der Waals surface area contributed by atoms with Crippen LogP contribution in [0.3, 0.4) is 0 Å². The summed E-state index contributed by atoms with van der Waals surface area (Å²) in [5, 5.41) is 9.61. The Hall–Kier alpha value is -3.02. The van der Waals surface area contributed by atoms with E-state index in [1.807, 2.05) is 25.1 Å². The summed E-state index contributed by atoms with van der Waals surface area (Å²) in [7, 11) is 0. The predicted octanol–water partition coefficient (Wildman–Crippen LogP) is 3.26. The van der Waals surface area contributed by atoms with E-state index < -0.39 is 0 Å². The molecule has 1 heterocycles. The SMILES string of the molecule is CCNC(=NCC(=O)NCCc1ccccc1)NC(C)c1cccc(N2CCCC2)c1. The Morgan fingerprint density at radius 3 is 2.58 bits per heavy atom.